The van der Waals surface area contributed by atoms with Gasteiger partial charge in [0.2, 0.25) is 21.8 Å². The molecule has 7 nitrogen and oxygen atoms in total. The first-order valence-electron chi connectivity index (χ1n) is 13.0. The van der Waals surface area contributed by atoms with Crippen LogP contribution in [0.3, 0.4) is 0 Å². The second-order valence-electron chi connectivity index (χ2n) is 9.89. The highest BCUT2D eigenvalue weighted by Gasteiger charge is 2.33. The van der Waals surface area contributed by atoms with Gasteiger partial charge in [0.15, 0.2) is 0 Å². The van der Waals surface area contributed by atoms with Crippen molar-refractivity contribution in [1.82, 2.24) is 10.2 Å². The molecule has 10 heteroatoms. The third-order valence-corrected chi connectivity index (χ3v) is 8.22. The van der Waals surface area contributed by atoms with Gasteiger partial charge < -0.3 is 10.2 Å². The summed E-state index contributed by atoms with van der Waals surface area (Å²) in [6, 6.07) is 20.4. The van der Waals surface area contributed by atoms with Gasteiger partial charge in [0.25, 0.3) is 0 Å². The van der Waals surface area contributed by atoms with Crippen LogP contribution in [-0.4, -0.2) is 50.0 Å². The molecule has 0 heterocycles. The summed E-state index contributed by atoms with van der Waals surface area (Å²) in [6.07, 6.45) is 1.89. The van der Waals surface area contributed by atoms with E-state index in [0.29, 0.717) is 27.7 Å². The van der Waals surface area contributed by atoms with E-state index in [0.717, 1.165) is 21.7 Å². The second-order valence-corrected chi connectivity index (χ2v) is 12.6. The molecule has 0 aliphatic rings. The summed E-state index contributed by atoms with van der Waals surface area (Å²) in [4.78, 5) is 29.1. The molecule has 0 aliphatic heterocycles. The molecule has 0 spiro atoms. The van der Waals surface area contributed by atoms with E-state index >= 15 is 0 Å². The number of halogens is 2. The molecule has 3 rings (SSSR count). The lowest BCUT2D eigenvalue weighted by molar-refractivity contribution is -0.140. The van der Waals surface area contributed by atoms with Crippen LogP contribution in [0.4, 0.5) is 5.69 Å². The van der Waals surface area contributed by atoms with Gasteiger partial charge >= 0.3 is 0 Å². The van der Waals surface area contributed by atoms with Gasteiger partial charge in [-0.3, -0.25) is 13.9 Å². The largest absolute Gasteiger partial charge is 0.352 e. The maximum atomic E-state index is 14.1. The van der Waals surface area contributed by atoms with Gasteiger partial charge in [-0.15, -0.1) is 0 Å². The average Bonchev–Trinajstić information content (AvgIpc) is 2.90. The van der Waals surface area contributed by atoms with Crippen molar-refractivity contribution in [2.45, 2.75) is 52.2 Å². The van der Waals surface area contributed by atoms with Crippen LogP contribution in [0, 0.1) is 0 Å². The normalized spacial score (nSPS) is 12.2. The first-order valence-corrected chi connectivity index (χ1v) is 15.6. The van der Waals surface area contributed by atoms with Crippen molar-refractivity contribution < 1.29 is 18.0 Å². The Labute approximate surface area is 247 Å². The maximum absolute atomic E-state index is 14.1. The standard InChI is InChI=1S/C30H35Cl2N3O4S/c1-5-24-13-9-10-14-27(24)35(40(4,38)39)20-29(36)34(19-23-15-16-25(31)26(32)17-23)28(30(37)33-21(2)3)18-22-11-7-6-8-12-22/h6-17,21,28H,5,18-20H2,1-4H3,(H,33,37)/t28-/m1/s1. The molecule has 0 radical (unpaired) electrons. The number of benzene rings is 3. The quantitative estimate of drug-likeness (QED) is 0.297. The molecular weight excluding hydrogens is 569 g/mol. The van der Waals surface area contributed by atoms with Crippen molar-refractivity contribution in [1.29, 1.82) is 0 Å². The maximum Gasteiger partial charge on any atom is 0.244 e. The zero-order valence-corrected chi connectivity index (χ0v) is 25.4. The number of nitrogens with zero attached hydrogens (tertiary/aromatic N) is 2. The molecule has 0 aromatic heterocycles. The van der Waals surface area contributed by atoms with Gasteiger partial charge in [-0.1, -0.05) is 84.7 Å². The van der Waals surface area contributed by atoms with Crippen molar-refractivity contribution in [2.75, 3.05) is 17.1 Å². The highest BCUT2D eigenvalue weighted by Crippen LogP contribution is 2.26. The van der Waals surface area contributed by atoms with Crippen molar-refractivity contribution in [2.24, 2.45) is 0 Å². The summed E-state index contributed by atoms with van der Waals surface area (Å²) in [5.74, 6) is -0.866. The lowest BCUT2D eigenvalue weighted by Crippen LogP contribution is -2.54. The Balaban J connectivity index is 2.10. The van der Waals surface area contributed by atoms with Crippen molar-refractivity contribution >= 4 is 50.7 Å². The number of para-hydroxylation sites is 1. The van der Waals surface area contributed by atoms with Gasteiger partial charge in [-0.2, -0.15) is 0 Å². The van der Waals surface area contributed by atoms with Crippen molar-refractivity contribution in [3.05, 3.63) is 99.5 Å². The first kappa shape index (κ1) is 31.5. The predicted octanol–water partition coefficient (Wildman–Crippen LogP) is 5.49. The van der Waals surface area contributed by atoms with E-state index in [4.69, 9.17) is 23.2 Å². The molecule has 0 saturated carbocycles. The number of carbonyl (C=O) groups excluding carboxylic acids is 2. The Morgan fingerprint density at radius 2 is 1.55 bits per heavy atom. The van der Waals surface area contributed by atoms with E-state index in [-0.39, 0.29) is 24.9 Å². The third kappa shape index (κ3) is 8.46. The van der Waals surface area contributed by atoms with Gasteiger partial charge in [-0.25, -0.2) is 8.42 Å². The van der Waals surface area contributed by atoms with Gasteiger partial charge in [0, 0.05) is 19.0 Å². The van der Waals surface area contributed by atoms with Crippen LogP contribution < -0.4 is 9.62 Å². The van der Waals surface area contributed by atoms with Crippen LogP contribution in [0.5, 0.6) is 0 Å². The van der Waals surface area contributed by atoms with Crippen LogP contribution >= 0.6 is 23.2 Å². The van der Waals surface area contributed by atoms with Crippen LogP contribution in [0.2, 0.25) is 10.0 Å². The van der Waals surface area contributed by atoms with Crippen molar-refractivity contribution in [3.8, 4) is 0 Å². The Kier molecular flexibility index (Phi) is 11.0. The molecule has 0 unspecified atom stereocenters. The lowest BCUT2D eigenvalue weighted by atomic mass is 10.0. The summed E-state index contributed by atoms with van der Waals surface area (Å²) in [7, 11) is -3.84. The summed E-state index contributed by atoms with van der Waals surface area (Å²) in [5.41, 5.74) is 2.73. The minimum Gasteiger partial charge on any atom is -0.352 e. The molecule has 214 valence electrons. The van der Waals surface area contributed by atoms with E-state index in [9.17, 15) is 18.0 Å². The molecule has 1 atom stereocenters. The van der Waals surface area contributed by atoms with E-state index in [2.05, 4.69) is 5.32 Å². The predicted molar refractivity (Wildman–Crippen MR) is 162 cm³/mol. The molecule has 2 amide bonds. The van der Waals surface area contributed by atoms with Crippen LogP contribution in [0.15, 0.2) is 72.8 Å². The second kappa shape index (κ2) is 14.0. The summed E-state index contributed by atoms with van der Waals surface area (Å²) < 4.78 is 27.1. The SMILES string of the molecule is CCc1ccccc1N(CC(=O)N(Cc1ccc(Cl)c(Cl)c1)[C@H](Cc1ccccc1)C(=O)NC(C)C)S(C)(=O)=O. The van der Waals surface area contributed by atoms with E-state index in [1.165, 1.54) is 4.90 Å². The molecule has 0 bridgehead atoms. The number of hydrogen-bond acceptors (Lipinski definition) is 4. The fourth-order valence-corrected chi connectivity index (χ4v) is 5.62. The third-order valence-electron chi connectivity index (χ3n) is 6.36. The Morgan fingerprint density at radius 3 is 2.15 bits per heavy atom. The summed E-state index contributed by atoms with van der Waals surface area (Å²) in [6.45, 7) is 5.15. The molecule has 1 N–H and O–H groups in total. The number of sulfonamides is 1. The summed E-state index contributed by atoms with van der Waals surface area (Å²) in [5, 5.41) is 3.60. The number of rotatable bonds is 12. The van der Waals surface area contributed by atoms with E-state index in [1.807, 2.05) is 63.2 Å². The Bertz CT molecular complexity index is 1430. The van der Waals surface area contributed by atoms with Crippen LogP contribution in [0.1, 0.15) is 37.5 Å². The van der Waals surface area contributed by atoms with Crippen molar-refractivity contribution in [3.63, 3.8) is 0 Å². The fraction of sp³-hybridized carbons (Fsp3) is 0.333. The van der Waals surface area contributed by atoms with E-state index in [1.54, 1.807) is 30.3 Å². The number of carbonyl (C=O) groups is 2. The molecule has 3 aromatic rings. The topological polar surface area (TPSA) is 86.8 Å². The highest BCUT2D eigenvalue weighted by molar-refractivity contribution is 7.92. The fourth-order valence-electron chi connectivity index (χ4n) is 4.42. The van der Waals surface area contributed by atoms with Gasteiger partial charge in [0.1, 0.15) is 12.6 Å². The Morgan fingerprint density at radius 1 is 0.900 bits per heavy atom. The number of aryl methyl sites for hydroxylation is 1. The minimum atomic E-state index is -3.84. The molecule has 0 aliphatic carbocycles. The molecule has 0 fully saturated rings. The highest BCUT2D eigenvalue weighted by atomic mass is 35.5. The van der Waals surface area contributed by atoms with Gasteiger partial charge in [0.05, 0.1) is 22.0 Å². The van der Waals surface area contributed by atoms with E-state index < -0.39 is 28.5 Å². The lowest BCUT2D eigenvalue weighted by Gasteiger charge is -2.34. The van der Waals surface area contributed by atoms with Gasteiger partial charge in [-0.05, 0) is 55.2 Å². The van der Waals surface area contributed by atoms with Crippen LogP contribution in [-0.2, 0) is 39.0 Å². The average molecular weight is 605 g/mol. The smallest absolute Gasteiger partial charge is 0.244 e. The molecule has 40 heavy (non-hydrogen) atoms. The monoisotopic (exact) mass is 603 g/mol. The number of nitrogens with one attached hydrogen (secondary N) is 1. The van der Waals surface area contributed by atoms with Crippen LogP contribution in [0.25, 0.3) is 0 Å². The summed E-state index contributed by atoms with van der Waals surface area (Å²) >= 11 is 12.4. The zero-order chi connectivity index (χ0) is 29.4. The minimum absolute atomic E-state index is 0.0196. The number of hydrogen-bond donors (Lipinski definition) is 1. The molecule has 0 saturated heterocycles. The Hall–Kier alpha value is -3.07. The molecular formula is C30H35Cl2N3O4S. The number of amides is 2. The zero-order valence-electron chi connectivity index (χ0n) is 23.1. The first-order chi connectivity index (χ1) is 18.9. The molecule has 3 aromatic carbocycles. The number of anilines is 1.